The van der Waals surface area contributed by atoms with Gasteiger partial charge in [-0.3, -0.25) is 0 Å². The van der Waals surface area contributed by atoms with Crippen LogP contribution in [0.25, 0.3) is 5.57 Å². The minimum absolute atomic E-state index is 0.0568. The zero-order valence-electron chi connectivity index (χ0n) is 29.2. The standard InChI is InChI=1S/C42H58O2/c1-12-42-24-19-30(27(2)3)35(42)32-17-18-34-39(9)22-20-31(28-13-15-29(16-14-28)36(43)44-37(4,5)6)38(7,8)33(39)21-23-41(34,11)40(32,10)25-26-42/h1,13-16,20,30,32-35H,2,17-19,21-26H2,3-11H3/t30-,32+,33-,34+,35+,39-,40+,41+,42?/m0/s1. The maximum absolute atomic E-state index is 12.7. The maximum Gasteiger partial charge on any atom is 0.338 e. The van der Waals surface area contributed by atoms with Crippen molar-refractivity contribution in [2.75, 3.05) is 0 Å². The number of esters is 1. The molecule has 4 saturated carbocycles. The zero-order chi connectivity index (χ0) is 32.1. The third-order valence-electron chi connectivity index (χ3n) is 14.8. The Balaban J connectivity index is 1.31. The van der Waals surface area contributed by atoms with Gasteiger partial charge in [-0.15, -0.1) is 6.42 Å². The van der Waals surface area contributed by atoms with Crippen LogP contribution in [0.5, 0.6) is 0 Å². The van der Waals surface area contributed by atoms with E-state index < -0.39 is 5.60 Å². The summed E-state index contributed by atoms with van der Waals surface area (Å²) in [6.45, 7) is 25.6. The van der Waals surface area contributed by atoms with Gasteiger partial charge in [0.1, 0.15) is 5.60 Å². The largest absolute Gasteiger partial charge is 0.456 e. The van der Waals surface area contributed by atoms with Crippen molar-refractivity contribution in [2.24, 2.45) is 56.7 Å². The molecule has 4 fully saturated rings. The number of terminal acetylenes is 1. The SMILES string of the molecule is C#CC12CC[C@@H](C(=C)C)[C@@H]1[C@H]1CC[C@@H]3[C@@]4(C)CC=C(c5ccc(C(=O)OC(C)(C)C)cc5)C(C)(C)[C@@H]4CC[C@@]3(C)[C@]1(C)CC2. The van der Waals surface area contributed by atoms with Crippen LogP contribution in [0.3, 0.4) is 0 Å². The van der Waals surface area contributed by atoms with Crippen LogP contribution in [0.4, 0.5) is 0 Å². The lowest BCUT2D eigenvalue weighted by atomic mass is 9.32. The molecule has 5 aliphatic carbocycles. The molecule has 0 bridgehead atoms. The fourth-order valence-corrected chi connectivity index (χ4v) is 12.6. The molecule has 0 spiro atoms. The Labute approximate surface area is 268 Å². The van der Waals surface area contributed by atoms with Crippen molar-refractivity contribution in [2.45, 2.75) is 126 Å². The minimum atomic E-state index is -0.495. The Hall–Kier alpha value is -2.27. The number of rotatable bonds is 3. The van der Waals surface area contributed by atoms with E-state index in [1.165, 1.54) is 68.1 Å². The van der Waals surface area contributed by atoms with Crippen LogP contribution >= 0.6 is 0 Å². The first-order valence-electron chi connectivity index (χ1n) is 17.6. The minimum Gasteiger partial charge on any atom is -0.456 e. The number of fused-ring (bicyclic) bond motifs is 7. The molecule has 0 aromatic heterocycles. The third-order valence-corrected chi connectivity index (χ3v) is 14.8. The lowest BCUT2D eigenvalue weighted by molar-refractivity contribution is -0.220. The lowest BCUT2D eigenvalue weighted by Gasteiger charge is -2.72. The Kier molecular flexibility index (Phi) is 7.29. The van der Waals surface area contributed by atoms with E-state index in [2.05, 4.69) is 72.3 Å². The molecular weight excluding hydrogens is 536 g/mol. The fourth-order valence-electron chi connectivity index (χ4n) is 12.6. The van der Waals surface area contributed by atoms with Crippen LogP contribution in [-0.2, 0) is 4.74 Å². The summed E-state index contributed by atoms with van der Waals surface area (Å²) < 4.78 is 5.62. The van der Waals surface area contributed by atoms with Gasteiger partial charge in [0.15, 0.2) is 0 Å². The summed E-state index contributed by atoms with van der Waals surface area (Å²) in [6, 6.07) is 8.20. The second-order valence-electron chi connectivity index (χ2n) is 18.1. The molecule has 5 aliphatic rings. The molecule has 0 N–H and O–H groups in total. The zero-order valence-corrected chi connectivity index (χ0v) is 29.2. The van der Waals surface area contributed by atoms with E-state index in [1.54, 1.807) is 0 Å². The van der Waals surface area contributed by atoms with Crippen LogP contribution in [-0.4, -0.2) is 11.6 Å². The summed E-state index contributed by atoms with van der Waals surface area (Å²) in [5.41, 5.74) is 5.25. The van der Waals surface area contributed by atoms with Crippen molar-refractivity contribution in [3.63, 3.8) is 0 Å². The van der Waals surface area contributed by atoms with Gasteiger partial charge in [0.05, 0.1) is 5.56 Å². The molecule has 0 aliphatic heterocycles. The van der Waals surface area contributed by atoms with Gasteiger partial charge in [-0.05, 0) is 160 Å². The lowest BCUT2D eigenvalue weighted by Crippen LogP contribution is -2.65. The van der Waals surface area contributed by atoms with E-state index in [1.807, 2.05) is 32.9 Å². The quantitative estimate of drug-likeness (QED) is 0.198. The molecule has 0 radical (unpaired) electrons. The average molecular weight is 595 g/mol. The number of carbonyl (C=O) groups is 1. The molecule has 6 rings (SSSR count). The predicted octanol–water partition coefficient (Wildman–Crippen LogP) is 10.9. The summed E-state index contributed by atoms with van der Waals surface area (Å²) in [7, 11) is 0. The summed E-state index contributed by atoms with van der Waals surface area (Å²) in [5, 5.41) is 0. The molecule has 2 nitrogen and oxygen atoms in total. The van der Waals surface area contributed by atoms with Gasteiger partial charge in [0, 0.05) is 5.41 Å². The molecular formula is C42H58O2. The number of hydrogen-bond donors (Lipinski definition) is 0. The Morgan fingerprint density at radius 2 is 1.59 bits per heavy atom. The summed E-state index contributed by atoms with van der Waals surface area (Å²) in [4.78, 5) is 12.7. The molecule has 44 heavy (non-hydrogen) atoms. The average Bonchev–Trinajstić information content (AvgIpc) is 3.33. The van der Waals surface area contributed by atoms with Crippen LogP contribution < -0.4 is 0 Å². The number of hydrogen-bond acceptors (Lipinski definition) is 2. The Bertz CT molecular complexity index is 1410. The molecule has 9 atom stereocenters. The van der Waals surface area contributed by atoms with Crippen LogP contribution in [0.1, 0.15) is 136 Å². The molecule has 0 amide bonds. The Morgan fingerprint density at radius 1 is 0.909 bits per heavy atom. The molecule has 0 heterocycles. The van der Waals surface area contributed by atoms with Gasteiger partial charge in [-0.1, -0.05) is 70.9 Å². The highest BCUT2D eigenvalue weighted by atomic mass is 16.6. The van der Waals surface area contributed by atoms with Gasteiger partial charge >= 0.3 is 5.97 Å². The highest BCUT2D eigenvalue weighted by Crippen LogP contribution is 2.77. The first-order valence-corrected chi connectivity index (χ1v) is 17.6. The van der Waals surface area contributed by atoms with Crippen molar-refractivity contribution in [1.29, 1.82) is 0 Å². The van der Waals surface area contributed by atoms with E-state index in [0.29, 0.717) is 46.0 Å². The maximum atomic E-state index is 12.7. The van der Waals surface area contributed by atoms with Gasteiger partial charge in [-0.25, -0.2) is 4.79 Å². The number of allylic oxidation sites excluding steroid dienone is 3. The monoisotopic (exact) mass is 594 g/mol. The van der Waals surface area contributed by atoms with Gasteiger partial charge in [0.2, 0.25) is 0 Å². The number of benzene rings is 1. The normalized spacial score (nSPS) is 42.5. The van der Waals surface area contributed by atoms with Gasteiger partial charge < -0.3 is 4.74 Å². The van der Waals surface area contributed by atoms with Crippen molar-refractivity contribution < 1.29 is 9.53 Å². The topological polar surface area (TPSA) is 26.3 Å². The Morgan fingerprint density at radius 3 is 2.20 bits per heavy atom. The van der Waals surface area contributed by atoms with Crippen LogP contribution in [0, 0.1) is 69.0 Å². The number of carbonyl (C=O) groups excluding carboxylic acids is 1. The summed E-state index contributed by atoms with van der Waals surface area (Å²) >= 11 is 0. The first-order chi connectivity index (χ1) is 20.4. The van der Waals surface area contributed by atoms with E-state index in [0.717, 1.165) is 6.42 Å². The summed E-state index contributed by atoms with van der Waals surface area (Å²) in [6.07, 6.45) is 20.3. The van der Waals surface area contributed by atoms with Crippen molar-refractivity contribution >= 4 is 11.5 Å². The molecule has 1 unspecified atom stereocenters. The van der Waals surface area contributed by atoms with E-state index in [9.17, 15) is 4.79 Å². The van der Waals surface area contributed by atoms with Crippen molar-refractivity contribution in [3.05, 3.63) is 53.6 Å². The highest BCUT2D eigenvalue weighted by Gasteiger charge is 2.70. The van der Waals surface area contributed by atoms with Gasteiger partial charge in [-0.2, -0.15) is 0 Å². The predicted molar refractivity (Wildman–Crippen MR) is 183 cm³/mol. The second kappa shape index (κ2) is 10.1. The van der Waals surface area contributed by atoms with Crippen molar-refractivity contribution in [1.82, 2.24) is 0 Å². The summed E-state index contributed by atoms with van der Waals surface area (Å²) in [5.74, 6) is 6.40. The smallest absolute Gasteiger partial charge is 0.338 e. The molecule has 238 valence electrons. The van der Waals surface area contributed by atoms with Crippen LogP contribution in [0.2, 0.25) is 0 Å². The van der Waals surface area contributed by atoms with E-state index in [-0.39, 0.29) is 22.2 Å². The molecule has 2 heteroatoms. The fraction of sp³-hybridized carbons (Fsp3) is 0.690. The van der Waals surface area contributed by atoms with Gasteiger partial charge in [0.25, 0.3) is 0 Å². The van der Waals surface area contributed by atoms with Crippen LogP contribution in [0.15, 0.2) is 42.5 Å². The van der Waals surface area contributed by atoms with E-state index in [4.69, 9.17) is 11.2 Å². The first kappa shape index (κ1) is 31.7. The van der Waals surface area contributed by atoms with Crippen molar-refractivity contribution in [3.8, 4) is 12.3 Å². The molecule has 1 aromatic rings. The number of ether oxygens (including phenoxy) is 1. The highest BCUT2D eigenvalue weighted by molar-refractivity contribution is 5.90. The third kappa shape index (κ3) is 4.37. The molecule has 0 saturated heterocycles. The van der Waals surface area contributed by atoms with E-state index >= 15 is 0 Å². The second-order valence-corrected chi connectivity index (χ2v) is 18.1. The molecule has 1 aromatic carbocycles.